The van der Waals surface area contributed by atoms with E-state index in [1.807, 2.05) is 0 Å². The highest BCUT2D eigenvalue weighted by atomic mass is 35.5. The highest BCUT2D eigenvalue weighted by Gasteiger charge is 2.41. The number of anilines is 3. The van der Waals surface area contributed by atoms with Gasteiger partial charge in [-0.2, -0.15) is 4.68 Å². The Morgan fingerprint density at radius 2 is 1.49 bits per heavy atom. The van der Waals surface area contributed by atoms with Gasteiger partial charge in [0.1, 0.15) is 29.3 Å². The first kappa shape index (κ1) is 44.2. The fourth-order valence-corrected chi connectivity index (χ4v) is 7.29. The van der Waals surface area contributed by atoms with Crippen molar-refractivity contribution in [1.29, 1.82) is 0 Å². The van der Waals surface area contributed by atoms with Gasteiger partial charge in [-0.25, -0.2) is 19.0 Å². The molecule has 0 spiro atoms. The number of fused-ring (bicyclic) bond motifs is 1. The topological polar surface area (TPSA) is 212 Å². The number of carbonyl (C=O) groups is 6. The van der Waals surface area contributed by atoms with E-state index < -0.39 is 47.0 Å². The fourth-order valence-electron chi connectivity index (χ4n) is 7.12. The summed E-state index contributed by atoms with van der Waals surface area (Å²) in [4.78, 5) is 86.6. The number of nitrogens with zero attached hydrogens (tertiary/aromatic N) is 8. The number of halogens is 1. The van der Waals surface area contributed by atoms with Crippen LogP contribution in [-0.2, 0) is 35.0 Å². The Bertz CT molecular complexity index is 2560. The molecule has 1 unspecified atom stereocenters. The van der Waals surface area contributed by atoms with Crippen LogP contribution < -0.4 is 15.5 Å². The smallest absolute Gasteiger partial charge is 0.419 e. The van der Waals surface area contributed by atoms with Crippen molar-refractivity contribution in [3.8, 4) is 5.69 Å². The van der Waals surface area contributed by atoms with E-state index in [9.17, 15) is 28.8 Å². The number of benzene rings is 3. The molecule has 2 N–H and O–H groups in total. The van der Waals surface area contributed by atoms with E-state index in [-0.39, 0.29) is 36.9 Å². The van der Waals surface area contributed by atoms with Gasteiger partial charge in [0, 0.05) is 54.4 Å². The molecule has 4 heterocycles. The van der Waals surface area contributed by atoms with Gasteiger partial charge < -0.3 is 39.5 Å². The summed E-state index contributed by atoms with van der Waals surface area (Å²) in [6, 6.07) is 16.3. The summed E-state index contributed by atoms with van der Waals surface area (Å²) < 4.78 is 19.1. The molecule has 5 aromatic rings. The molecule has 2 fully saturated rings. The number of amides is 5. The molecule has 2 aliphatic heterocycles. The normalized spacial score (nSPS) is 15.3. The van der Waals surface area contributed by atoms with E-state index in [1.165, 1.54) is 32.9 Å². The molecule has 5 amide bonds. The lowest BCUT2D eigenvalue weighted by Gasteiger charge is -2.38. The van der Waals surface area contributed by atoms with Gasteiger partial charge in [-0.1, -0.05) is 23.7 Å². The van der Waals surface area contributed by atoms with Crippen molar-refractivity contribution in [3.63, 3.8) is 0 Å². The zero-order valence-corrected chi connectivity index (χ0v) is 36.3. The molecule has 19 nitrogen and oxygen atoms in total. The zero-order valence-electron chi connectivity index (χ0n) is 35.6. The first-order chi connectivity index (χ1) is 29.8. The molecule has 330 valence electrons. The van der Waals surface area contributed by atoms with Crippen LogP contribution in [-0.4, -0.2) is 127 Å². The van der Waals surface area contributed by atoms with Gasteiger partial charge in [-0.3, -0.25) is 14.4 Å². The molecule has 1 atom stereocenters. The highest BCUT2D eigenvalue weighted by molar-refractivity contribution is 6.41. The van der Waals surface area contributed by atoms with Gasteiger partial charge in [0.05, 0.1) is 30.1 Å². The molecular weight excluding hydrogens is 836 g/mol. The molecule has 0 radical (unpaired) electrons. The monoisotopic (exact) mass is 882 g/mol. The predicted octanol–water partition coefficient (Wildman–Crippen LogP) is 5.30. The van der Waals surface area contributed by atoms with Crippen molar-refractivity contribution in [2.45, 2.75) is 65.2 Å². The van der Waals surface area contributed by atoms with Gasteiger partial charge in [0.25, 0.3) is 0 Å². The third-order valence-electron chi connectivity index (χ3n) is 9.94. The number of tetrazole rings is 1. The number of piperazine rings is 1. The number of ether oxygens (including phenoxy) is 3. The number of aromatic nitrogens is 5. The number of rotatable bonds is 9. The maximum Gasteiger partial charge on any atom is 0.419 e. The van der Waals surface area contributed by atoms with Crippen LogP contribution in [0, 0.1) is 0 Å². The molecule has 0 saturated carbocycles. The third-order valence-corrected chi connectivity index (χ3v) is 10.2. The zero-order chi connectivity index (χ0) is 45.2. The number of hydrogen-bond acceptors (Lipinski definition) is 12. The molecule has 20 heteroatoms. The quantitative estimate of drug-likeness (QED) is 0.143. The fraction of sp³-hybridized carbons (Fsp3) is 0.372. The Kier molecular flexibility index (Phi) is 12.5. The van der Waals surface area contributed by atoms with Crippen LogP contribution in [0.25, 0.3) is 16.6 Å². The Morgan fingerprint density at radius 3 is 2.16 bits per heavy atom. The number of nitrogens with one attached hydrogen (secondary N) is 2. The molecule has 2 saturated heterocycles. The molecule has 2 aromatic heterocycles. The summed E-state index contributed by atoms with van der Waals surface area (Å²) in [5.41, 5.74) is 0.614. The number of carbonyl (C=O) groups excluding carboxylic acids is 6. The Balaban J connectivity index is 1.18. The predicted molar refractivity (Wildman–Crippen MR) is 231 cm³/mol. The average molecular weight is 883 g/mol. The van der Waals surface area contributed by atoms with Crippen LogP contribution in [0.1, 0.15) is 57.6 Å². The van der Waals surface area contributed by atoms with Gasteiger partial charge in [0.2, 0.25) is 5.91 Å². The molecule has 0 bridgehead atoms. The van der Waals surface area contributed by atoms with Crippen LogP contribution in [0.5, 0.6) is 0 Å². The van der Waals surface area contributed by atoms with Crippen LogP contribution in [0.4, 0.5) is 26.7 Å². The SMILES string of the molecule is CC(C)(C)OC(=O)c1cc2cc(NC(=O)C(Cc3ccc(NC(=O)N4CCOCC4)cc3)N3CCN(c4cc(Cl)ccc4-n4cnnn4)C(=O)C3=O)ccc2n1C(=O)OC(C)(C)C. The van der Waals surface area contributed by atoms with E-state index in [4.69, 9.17) is 25.8 Å². The number of urea groups is 1. The van der Waals surface area contributed by atoms with Crippen molar-refractivity contribution < 1.29 is 43.0 Å². The molecular formula is C43H47ClN10O9. The van der Waals surface area contributed by atoms with E-state index in [0.717, 1.165) is 4.57 Å². The molecule has 2 aliphatic rings. The Morgan fingerprint density at radius 1 is 0.794 bits per heavy atom. The van der Waals surface area contributed by atoms with E-state index in [1.54, 1.807) is 101 Å². The summed E-state index contributed by atoms with van der Waals surface area (Å²) in [6.45, 7) is 12.0. The number of esters is 1. The second-order valence-corrected chi connectivity index (χ2v) is 17.3. The molecule has 63 heavy (non-hydrogen) atoms. The lowest BCUT2D eigenvalue weighted by Crippen LogP contribution is -2.60. The van der Waals surface area contributed by atoms with E-state index in [2.05, 4.69) is 26.2 Å². The maximum atomic E-state index is 14.5. The van der Waals surface area contributed by atoms with Crippen molar-refractivity contribution in [2.75, 3.05) is 54.9 Å². The first-order valence-corrected chi connectivity index (χ1v) is 20.5. The summed E-state index contributed by atoms with van der Waals surface area (Å²) in [5, 5.41) is 17.8. The minimum absolute atomic E-state index is 0.00604. The van der Waals surface area contributed by atoms with Gasteiger partial charge in [-0.05, 0) is 112 Å². The average Bonchev–Trinajstić information content (AvgIpc) is 3.90. The Hall–Kier alpha value is -6.86. The second-order valence-electron chi connectivity index (χ2n) is 16.9. The number of hydrogen-bond donors (Lipinski definition) is 2. The van der Waals surface area contributed by atoms with Gasteiger partial charge in [-0.15, -0.1) is 5.10 Å². The third kappa shape index (κ3) is 10.3. The van der Waals surface area contributed by atoms with Crippen molar-refractivity contribution >= 4 is 75.4 Å². The van der Waals surface area contributed by atoms with E-state index in [0.29, 0.717) is 64.9 Å². The lowest BCUT2D eigenvalue weighted by atomic mass is 10.0. The Labute approximate surface area is 367 Å². The summed E-state index contributed by atoms with van der Waals surface area (Å²) in [5.74, 6) is -3.22. The van der Waals surface area contributed by atoms with Crippen molar-refractivity contribution in [2.24, 2.45) is 0 Å². The first-order valence-electron chi connectivity index (χ1n) is 20.2. The maximum absolute atomic E-state index is 14.5. The number of morpholine rings is 1. The largest absolute Gasteiger partial charge is 0.455 e. The minimum Gasteiger partial charge on any atom is -0.455 e. The molecule has 0 aliphatic carbocycles. The van der Waals surface area contributed by atoms with Crippen molar-refractivity contribution in [3.05, 3.63) is 89.3 Å². The lowest BCUT2D eigenvalue weighted by molar-refractivity contribution is -0.149. The molecule has 7 rings (SSSR count). The standard InChI is InChI=1S/C43H47ClN10O9/c1-42(2,3)62-39(58)35-23-27-22-30(12-14-31(27)54(35)41(60)63-43(4,5)6)46-36(55)34(21-26-7-10-29(11-8-26)47-40(59)50-17-19-61-20-18-50)52-16-15-51(37(56)38(52)57)33-24-28(44)9-13-32(33)53-25-45-48-49-53/h7-14,22-25,34H,15-21H2,1-6H3,(H,46,55)(H,47,59). The summed E-state index contributed by atoms with van der Waals surface area (Å²) in [6.07, 6.45) is 0.527. The minimum atomic E-state index is -1.21. The highest BCUT2D eigenvalue weighted by Crippen LogP contribution is 2.31. The van der Waals surface area contributed by atoms with Gasteiger partial charge in [0.15, 0.2) is 0 Å². The van der Waals surface area contributed by atoms with Crippen LogP contribution in [0.15, 0.2) is 73.1 Å². The summed E-state index contributed by atoms with van der Waals surface area (Å²) in [7, 11) is 0. The summed E-state index contributed by atoms with van der Waals surface area (Å²) >= 11 is 6.35. The molecule has 3 aromatic carbocycles. The van der Waals surface area contributed by atoms with Gasteiger partial charge >= 0.3 is 29.9 Å². The van der Waals surface area contributed by atoms with Crippen LogP contribution >= 0.6 is 11.6 Å². The van der Waals surface area contributed by atoms with Crippen molar-refractivity contribution in [1.82, 2.24) is 34.6 Å². The second kappa shape index (κ2) is 17.9. The van der Waals surface area contributed by atoms with E-state index >= 15 is 0 Å². The van der Waals surface area contributed by atoms with Crippen LogP contribution in [0.3, 0.4) is 0 Å². The van der Waals surface area contributed by atoms with Crippen LogP contribution in [0.2, 0.25) is 5.02 Å².